The molecule has 0 heterocycles. The standard InChI is InChI=1S/C93H182O17P2/c1-8-10-11-12-13-14-15-16-17-18-19-20-21-25-30-35-40-45-53-60-67-74-90(95)103-80-88(109-92(97)76-69-62-55-46-41-36-31-26-23-22-24-28-33-38-43-50-57-64-71-84(3)4)82-107-111(99,100)105-78-87(94)79-106-112(101,102)108-83-89(81-104-91(96)75-68-61-54-49-48-52-59-66-73-86(7)9-2)110-93(98)77-70-63-56-47-42-37-32-27-29-34-39-44-51-58-65-72-85(5)6/h84-89,94H,8-83H2,1-7H3,(H,99,100)(H,101,102)/t86?,87-,88-,89-/m1/s1. The number of rotatable bonds is 91. The van der Waals surface area contributed by atoms with Crippen molar-refractivity contribution in [2.24, 2.45) is 17.8 Å². The van der Waals surface area contributed by atoms with E-state index in [0.29, 0.717) is 25.7 Å². The number of carbonyl (C=O) groups excluding carboxylic acids is 4. The van der Waals surface area contributed by atoms with Crippen LogP contribution in [0.4, 0.5) is 0 Å². The first-order valence-electron chi connectivity index (χ1n) is 47.9. The summed E-state index contributed by atoms with van der Waals surface area (Å²) in [5.74, 6) is 0.304. The molecule has 0 aromatic heterocycles. The highest BCUT2D eigenvalue weighted by molar-refractivity contribution is 7.47. The number of aliphatic hydroxyl groups is 1. The molecule has 0 saturated heterocycles. The van der Waals surface area contributed by atoms with Gasteiger partial charge in [0.2, 0.25) is 0 Å². The molecule has 0 saturated carbocycles. The van der Waals surface area contributed by atoms with E-state index in [2.05, 4.69) is 48.5 Å². The highest BCUT2D eigenvalue weighted by Gasteiger charge is 2.31. The molecule has 0 aromatic rings. The topological polar surface area (TPSA) is 237 Å². The molecule has 0 rings (SSSR count). The Balaban J connectivity index is 5.25. The highest BCUT2D eigenvalue weighted by Crippen LogP contribution is 2.45. The van der Waals surface area contributed by atoms with Crippen LogP contribution in [0.5, 0.6) is 0 Å². The number of unbranched alkanes of at least 4 members (excludes halogenated alkanes) is 58. The Kier molecular flexibility index (Phi) is 81.3. The van der Waals surface area contributed by atoms with Crippen LogP contribution in [0, 0.1) is 17.8 Å². The van der Waals surface area contributed by atoms with Gasteiger partial charge in [0.25, 0.3) is 0 Å². The number of ether oxygens (including phenoxy) is 4. The molecule has 0 amide bonds. The van der Waals surface area contributed by atoms with Gasteiger partial charge in [0.1, 0.15) is 19.3 Å². The Bertz CT molecular complexity index is 2150. The van der Waals surface area contributed by atoms with Crippen LogP contribution in [-0.2, 0) is 65.4 Å². The van der Waals surface area contributed by atoms with Gasteiger partial charge in [-0.2, -0.15) is 0 Å². The van der Waals surface area contributed by atoms with E-state index in [0.717, 1.165) is 108 Å². The van der Waals surface area contributed by atoms with Gasteiger partial charge in [-0.1, -0.05) is 447 Å². The third-order valence-corrected chi connectivity index (χ3v) is 24.1. The monoisotopic (exact) mass is 1630 g/mol. The second-order valence-corrected chi connectivity index (χ2v) is 37.5. The normalized spacial score (nSPS) is 14.0. The van der Waals surface area contributed by atoms with Crippen LogP contribution in [0.1, 0.15) is 498 Å². The lowest BCUT2D eigenvalue weighted by Crippen LogP contribution is -2.30. The van der Waals surface area contributed by atoms with Gasteiger partial charge in [0.05, 0.1) is 26.4 Å². The summed E-state index contributed by atoms with van der Waals surface area (Å²) in [7, 11) is -9.94. The summed E-state index contributed by atoms with van der Waals surface area (Å²) in [6.45, 7) is 12.1. The number of carbonyl (C=O) groups is 4. The number of phosphoric acid groups is 2. The Hall–Kier alpha value is -1.94. The molecule has 0 radical (unpaired) electrons. The third kappa shape index (κ3) is 84.5. The molecule has 0 fully saturated rings. The van der Waals surface area contributed by atoms with E-state index >= 15 is 0 Å². The van der Waals surface area contributed by atoms with E-state index in [1.165, 1.54) is 308 Å². The molecule has 0 aliphatic heterocycles. The van der Waals surface area contributed by atoms with Crippen LogP contribution in [-0.4, -0.2) is 96.7 Å². The average Bonchev–Trinajstić information content (AvgIpc) is 0.899. The molecule has 17 nitrogen and oxygen atoms in total. The molecule has 0 spiro atoms. The molecule has 0 aliphatic carbocycles. The van der Waals surface area contributed by atoms with Crippen molar-refractivity contribution in [3.05, 3.63) is 0 Å². The average molecular weight is 1630 g/mol. The maximum absolute atomic E-state index is 13.2. The van der Waals surface area contributed by atoms with Crippen molar-refractivity contribution in [1.82, 2.24) is 0 Å². The van der Waals surface area contributed by atoms with E-state index in [-0.39, 0.29) is 25.7 Å². The summed E-state index contributed by atoms with van der Waals surface area (Å²) in [6, 6.07) is 0. The first kappa shape index (κ1) is 110. The van der Waals surface area contributed by atoms with Crippen LogP contribution < -0.4 is 0 Å². The third-order valence-electron chi connectivity index (χ3n) is 22.2. The second kappa shape index (κ2) is 82.7. The van der Waals surface area contributed by atoms with Crippen LogP contribution in [0.3, 0.4) is 0 Å². The van der Waals surface area contributed by atoms with Crippen LogP contribution in [0.25, 0.3) is 0 Å². The molecule has 112 heavy (non-hydrogen) atoms. The zero-order chi connectivity index (χ0) is 82.2. The first-order valence-corrected chi connectivity index (χ1v) is 50.9. The lowest BCUT2D eigenvalue weighted by atomic mass is 9.99. The molecule has 3 N–H and O–H groups in total. The van der Waals surface area contributed by atoms with Crippen LogP contribution >= 0.6 is 15.6 Å². The SMILES string of the molecule is CCCCCCCCCCCCCCCCCCCCCCCC(=O)OC[C@H](COP(=O)(O)OC[C@@H](O)COP(=O)(O)OC[C@@H](COC(=O)CCCCCCCCCCC(C)CC)OC(=O)CCCCCCCCCCCCCCCCCC(C)C)OC(=O)CCCCCCCCCCCCCCCCCCCCC(C)C. The first-order chi connectivity index (χ1) is 54.3. The van der Waals surface area contributed by atoms with Crippen LogP contribution in [0.2, 0.25) is 0 Å². The summed E-state index contributed by atoms with van der Waals surface area (Å²) in [5, 5.41) is 10.7. The Morgan fingerprint density at radius 2 is 0.455 bits per heavy atom. The predicted octanol–water partition coefficient (Wildman–Crippen LogP) is 28.8. The summed E-state index contributed by atoms with van der Waals surface area (Å²) in [4.78, 5) is 73.5. The van der Waals surface area contributed by atoms with Gasteiger partial charge in [0, 0.05) is 25.7 Å². The van der Waals surface area contributed by atoms with Crippen molar-refractivity contribution >= 4 is 39.5 Å². The van der Waals surface area contributed by atoms with Gasteiger partial charge in [-0.05, 0) is 43.4 Å². The minimum atomic E-state index is -4.97. The molecule has 3 unspecified atom stereocenters. The maximum Gasteiger partial charge on any atom is 0.472 e. The van der Waals surface area contributed by atoms with Gasteiger partial charge in [-0.25, -0.2) is 9.13 Å². The zero-order valence-electron chi connectivity index (χ0n) is 74.2. The number of hydrogen-bond acceptors (Lipinski definition) is 15. The predicted molar refractivity (Wildman–Crippen MR) is 465 cm³/mol. The molecule has 0 bridgehead atoms. The summed E-state index contributed by atoms with van der Waals surface area (Å²) in [5.41, 5.74) is 0. The van der Waals surface area contributed by atoms with Crippen molar-refractivity contribution in [3.8, 4) is 0 Å². The zero-order valence-corrected chi connectivity index (χ0v) is 75.9. The molecule has 6 atom stereocenters. The quantitative estimate of drug-likeness (QED) is 0.0222. The van der Waals surface area contributed by atoms with Gasteiger partial charge in [-0.15, -0.1) is 0 Å². The Morgan fingerprint density at radius 1 is 0.259 bits per heavy atom. The van der Waals surface area contributed by atoms with E-state index in [4.69, 9.17) is 37.0 Å². The summed E-state index contributed by atoms with van der Waals surface area (Å²) >= 11 is 0. The molecule has 0 aliphatic rings. The highest BCUT2D eigenvalue weighted by atomic mass is 31.2. The minimum Gasteiger partial charge on any atom is -0.462 e. The lowest BCUT2D eigenvalue weighted by Gasteiger charge is -2.21. The molecule has 0 aromatic carbocycles. The fourth-order valence-electron chi connectivity index (χ4n) is 14.6. The number of phosphoric ester groups is 2. The smallest absolute Gasteiger partial charge is 0.462 e. The van der Waals surface area contributed by atoms with Gasteiger partial charge >= 0.3 is 39.5 Å². The van der Waals surface area contributed by atoms with E-state index in [1.54, 1.807) is 0 Å². The largest absolute Gasteiger partial charge is 0.472 e. The fraction of sp³-hybridized carbons (Fsp3) is 0.957. The molecule has 19 heteroatoms. The molecular weight excluding hydrogens is 1450 g/mol. The van der Waals surface area contributed by atoms with Gasteiger partial charge < -0.3 is 33.8 Å². The van der Waals surface area contributed by atoms with Crippen molar-refractivity contribution in [2.45, 2.75) is 516 Å². The number of esters is 4. The van der Waals surface area contributed by atoms with Crippen molar-refractivity contribution < 1.29 is 80.2 Å². The van der Waals surface area contributed by atoms with Gasteiger partial charge in [0.15, 0.2) is 12.2 Å². The summed E-state index contributed by atoms with van der Waals surface area (Å²) < 4.78 is 69.1. The van der Waals surface area contributed by atoms with E-state index in [1.807, 2.05) is 0 Å². The Morgan fingerprint density at radius 3 is 0.679 bits per heavy atom. The van der Waals surface area contributed by atoms with Crippen molar-refractivity contribution in [2.75, 3.05) is 39.6 Å². The lowest BCUT2D eigenvalue weighted by molar-refractivity contribution is -0.161. The van der Waals surface area contributed by atoms with Crippen molar-refractivity contribution in [3.63, 3.8) is 0 Å². The second-order valence-electron chi connectivity index (χ2n) is 34.6. The summed E-state index contributed by atoms with van der Waals surface area (Å²) in [6.07, 6.45) is 76.5. The minimum absolute atomic E-state index is 0.108. The molecular formula is C93H182O17P2. The number of hydrogen-bond donors (Lipinski definition) is 3. The fourth-order valence-corrected chi connectivity index (χ4v) is 16.2. The maximum atomic E-state index is 13.2. The van der Waals surface area contributed by atoms with Crippen molar-refractivity contribution in [1.29, 1.82) is 0 Å². The van der Waals surface area contributed by atoms with Crippen LogP contribution in [0.15, 0.2) is 0 Å². The van der Waals surface area contributed by atoms with Gasteiger partial charge in [-0.3, -0.25) is 37.3 Å². The van der Waals surface area contributed by atoms with E-state index in [9.17, 15) is 43.2 Å². The Labute approximate surface area is 689 Å². The number of aliphatic hydroxyl groups excluding tert-OH is 1. The van der Waals surface area contributed by atoms with E-state index < -0.39 is 97.5 Å². The molecule has 666 valence electrons.